The van der Waals surface area contributed by atoms with Gasteiger partial charge in [0.1, 0.15) is 0 Å². The first-order valence-electron chi connectivity index (χ1n) is 5.81. The largest absolute Gasteiger partial charge is 0.376 e. The third-order valence-corrected chi connectivity index (χ3v) is 3.64. The minimum atomic E-state index is -0.0863. The number of aryl methyl sites for hydroxylation is 1. The van der Waals surface area contributed by atoms with Gasteiger partial charge in [-0.1, -0.05) is 5.21 Å². The van der Waals surface area contributed by atoms with E-state index in [1.807, 2.05) is 14.0 Å². The maximum Gasteiger partial charge on any atom is 0.153 e. The van der Waals surface area contributed by atoms with Crippen molar-refractivity contribution in [3.8, 4) is 0 Å². The number of hydrogen-bond acceptors (Lipinski definition) is 5. The van der Waals surface area contributed by atoms with Gasteiger partial charge in [-0.2, -0.15) is 0 Å². The predicted octanol–water partition coefficient (Wildman–Crippen LogP) is 0.897. The van der Waals surface area contributed by atoms with E-state index in [1.54, 1.807) is 4.68 Å². The molecule has 0 bridgehead atoms. The van der Waals surface area contributed by atoms with Crippen LogP contribution in [-0.2, 0) is 11.8 Å². The van der Waals surface area contributed by atoms with Gasteiger partial charge in [-0.25, -0.2) is 10.1 Å². The molecule has 6 nitrogen and oxygen atoms in total. The third-order valence-electron chi connectivity index (χ3n) is 3.08. The summed E-state index contributed by atoms with van der Waals surface area (Å²) in [6, 6.07) is -0.0863. The van der Waals surface area contributed by atoms with Gasteiger partial charge < -0.3 is 4.74 Å². The summed E-state index contributed by atoms with van der Waals surface area (Å²) >= 11 is 3.40. The van der Waals surface area contributed by atoms with Gasteiger partial charge >= 0.3 is 0 Å². The monoisotopic (exact) mass is 303 g/mol. The first kappa shape index (κ1) is 12.9. The Balaban J connectivity index is 2.24. The summed E-state index contributed by atoms with van der Waals surface area (Å²) in [5.74, 6) is 6.26. The van der Waals surface area contributed by atoms with Gasteiger partial charge in [0.25, 0.3) is 0 Å². The average Bonchev–Trinajstić information content (AvgIpc) is 3.09. The zero-order chi connectivity index (χ0) is 12.4. The fraction of sp³-hybridized carbons (Fsp3) is 0.800. The van der Waals surface area contributed by atoms with Crippen LogP contribution in [0.25, 0.3) is 0 Å². The molecule has 0 saturated heterocycles. The van der Waals surface area contributed by atoms with Crippen molar-refractivity contribution in [2.75, 3.05) is 6.61 Å². The molecule has 0 amide bonds. The standard InChI is InChI=1S/C10H18BrN5O/c1-3-17-9(6-4-5-6)7(13-12)8-10(11)14-15-16(8)2/h6-7,9,13H,3-5,12H2,1-2H3. The minimum Gasteiger partial charge on any atom is -0.376 e. The van der Waals surface area contributed by atoms with Crippen molar-refractivity contribution in [1.82, 2.24) is 20.4 Å². The molecule has 1 aliphatic rings. The van der Waals surface area contributed by atoms with E-state index in [4.69, 9.17) is 10.6 Å². The van der Waals surface area contributed by atoms with E-state index < -0.39 is 0 Å². The number of nitrogens with two attached hydrogens (primary N) is 1. The second-order valence-corrected chi connectivity index (χ2v) is 5.04. The Hall–Kier alpha value is -0.500. The number of ether oxygens (including phenoxy) is 1. The van der Waals surface area contributed by atoms with Crippen molar-refractivity contribution in [2.24, 2.45) is 18.8 Å². The SMILES string of the molecule is CCOC(C1CC1)C(NN)c1c(Br)nnn1C. The lowest BCUT2D eigenvalue weighted by atomic mass is 10.0. The molecule has 2 unspecified atom stereocenters. The Labute approximate surface area is 109 Å². The highest BCUT2D eigenvalue weighted by Gasteiger charge is 2.39. The molecular formula is C10H18BrN5O. The molecule has 0 radical (unpaired) electrons. The normalized spacial score (nSPS) is 19.3. The predicted molar refractivity (Wildman–Crippen MR) is 66.9 cm³/mol. The molecule has 0 aliphatic heterocycles. The summed E-state index contributed by atoms with van der Waals surface area (Å²) < 4.78 is 8.26. The lowest BCUT2D eigenvalue weighted by molar-refractivity contribution is 0.0164. The van der Waals surface area contributed by atoms with E-state index in [1.165, 1.54) is 12.8 Å². The molecule has 1 fully saturated rings. The lowest BCUT2D eigenvalue weighted by Gasteiger charge is -2.26. The van der Waals surface area contributed by atoms with Crippen LogP contribution in [0, 0.1) is 5.92 Å². The maximum atomic E-state index is 5.82. The smallest absolute Gasteiger partial charge is 0.153 e. The minimum absolute atomic E-state index is 0.0819. The van der Waals surface area contributed by atoms with Gasteiger partial charge in [0.2, 0.25) is 0 Å². The van der Waals surface area contributed by atoms with Crippen molar-refractivity contribution in [1.29, 1.82) is 0 Å². The molecule has 3 N–H and O–H groups in total. The number of hydrogen-bond donors (Lipinski definition) is 2. The topological polar surface area (TPSA) is 78.0 Å². The second kappa shape index (κ2) is 5.43. The second-order valence-electron chi connectivity index (χ2n) is 4.29. The number of hydrazine groups is 1. The summed E-state index contributed by atoms with van der Waals surface area (Å²) in [5.41, 5.74) is 3.77. The summed E-state index contributed by atoms with van der Waals surface area (Å²) in [6.07, 6.45) is 2.48. The Morgan fingerprint density at radius 1 is 1.65 bits per heavy atom. The van der Waals surface area contributed by atoms with E-state index >= 15 is 0 Å². The van der Waals surface area contributed by atoms with Crippen LogP contribution < -0.4 is 11.3 Å². The van der Waals surface area contributed by atoms with Crippen LogP contribution in [0.15, 0.2) is 4.60 Å². The van der Waals surface area contributed by atoms with Gasteiger partial charge in [0.05, 0.1) is 17.8 Å². The van der Waals surface area contributed by atoms with Crippen molar-refractivity contribution in [3.05, 3.63) is 10.3 Å². The first-order valence-corrected chi connectivity index (χ1v) is 6.61. The van der Waals surface area contributed by atoms with Crippen molar-refractivity contribution in [2.45, 2.75) is 31.9 Å². The Bertz CT molecular complexity index is 359. The van der Waals surface area contributed by atoms with Crippen LogP contribution >= 0.6 is 15.9 Å². The summed E-state index contributed by atoms with van der Waals surface area (Å²) in [5, 5.41) is 7.96. The molecule has 7 heteroatoms. The Morgan fingerprint density at radius 3 is 2.76 bits per heavy atom. The van der Waals surface area contributed by atoms with Gasteiger partial charge in [-0.3, -0.25) is 5.84 Å². The number of rotatable bonds is 6. The molecule has 1 aromatic rings. The van der Waals surface area contributed by atoms with E-state index in [0.29, 0.717) is 17.1 Å². The van der Waals surface area contributed by atoms with Crippen LogP contribution in [0.2, 0.25) is 0 Å². The Morgan fingerprint density at radius 2 is 2.35 bits per heavy atom. The number of nitrogens with one attached hydrogen (secondary N) is 1. The first-order chi connectivity index (χ1) is 8.19. The zero-order valence-corrected chi connectivity index (χ0v) is 11.6. The Kier molecular flexibility index (Phi) is 4.13. The van der Waals surface area contributed by atoms with Gasteiger partial charge in [-0.05, 0) is 41.6 Å². The molecule has 1 aromatic heterocycles. The van der Waals surface area contributed by atoms with E-state index in [0.717, 1.165) is 5.69 Å². The summed E-state index contributed by atoms with van der Waals surface area (Å²) in [4.78, 5) is 0. The fourth-order valence-electron chi connectivity index (χ4n) is 2.12. The molecule has 0 spiro atoms. The van der Waals surface area contributed by atoms with E-state index in [-0.39, 0.29) is 12.1 Å². The molecule has 1 aliphatic carbocycles. The molecule has 96 valence electrons. The van der Waals surface area contributed by atoms with Crippen LogP contribution in [0.4, 0.5) is 0 Å². The summed E-state index contributed by atoms with van der Waals surface area (Å²) in [6.45, 7) is 2.68. The zero-order valence-electron chi connectivity index (χ0n) is 10.1. The highest BCUT2D eigenvalue weighted by molar-refractivity contribution is 9.10. The number of nitrogens with zero attached hydrogens (tertiary/aromatic N) is 3. The molecule has 1 saturated carbocycles. The number of halogens is 1. The molecular weight excluding hydrogens is 286 g/mol. The molecule has 2 rings (SSSR count). The van der Waals surface area contributed by atoms with Crippen LogP contribution in [0.5, 0.6) is 0 Å². The van der Waals surface area contributed by atoms with E-state index in [2.05, 4.69) is 31.7 Å². The molecule has 1 heterocycles. The van der Waals surface area contributed by atoms with Crippen molar-refractivity contribution >= 4 is 15.9 Å². The van der Waals surface area contributed by atoms with Gasteiger partial charge in [0, 0.05) is 13.7 Å². The van der Waals surface area contributed by atoms with E-state index in [9.17, 15) is 0 Å². The number of aromatic nitrogens is 3. The maximum absolute atomic E-state index is 5.82. The van der Waals surface area contributed by atoms with Crippen molar-refractivity contribution in [3.63, 3.8) is 0 Å². The van der Waals surface area contributed by atoms with Crippen LogP contribution in [0.1, 0.15) is 31.5 Å². The van der Waals surface area contributed by atoms with Gasteiger partial charge in [-0.15, -0.1) is 5.10 Å². The highest BCUT2D eigenvalue weighted by atomic mass is 79.9. The van der Waals surface area contributed by atoms with Crippen molar-refractivity contribution < 1.29 is 4.74 Å². The average molecular weight is 304 g/mol. The van der Waals surface area contributed by atoms with Crippen LogP contribution in [-0.4, -0.2) is 27.7 Å². The lowest BCUT2D eigenvalue weighted by Crippen LogP contribution is -2.40. The molecule has 17 heavy (non-hydrogen) atoms. The third kappa shape index (κ3) is 2.67. The fourth-order valence-corrected chi connectivity index (χ4v) is 2.69. The van der Waals surface area contributed by atoms with Crippen LogP contribution in [0.3, 0.4) is 0 Å². The quantitative estimate of drug-likeness (QED) is 0.603. The van der Waals surface area contributed by atoms with Gasteiger partial charge in [0.15, 0.2) is 4.60 Å². The molecule has 0 aromatic carbocycles. The summed E-state index contributed by atoms with van der Waals surface area (Å²) in [7, 11) is 1.85. The molecule has 2 atom stereocenters. The highest BCUT2D eigenvalue weighted by Crippen LogP contribution is 2.40.